The quantitative estimate of drug-likeness (QED) is 0.555. The molecule has 0 heterocycles. The number of amides is 2. The molecule has 0 fully saturated rings. The molecule has 1 aromatic rings. The summed E-state index contributed by atoms with van der Waals surface area (Å²) in [5.74, 6) is -1.54. The van der Waals surface area contributed by atoms with Gasteiger partial charge in [-0.2, -0.15) is 0 Å². The van der Waals surface area contributed by atoms with Crippen molar-refractivity contribution in [2.24, 2.45) is 0 Å². The van der Waals surface area contributed by atoms with Crippen LogP contribution in [0.5, 0.6) is 0 Å². The van der Waals surface area contributed by atoms with E-state index >= 15 is 0 Å². The van der Waals surface area contributed by atoms with Crippen LogP contribution in [0, 0.1) is 0 Å². The molecule has 1 aromatic carbocycles. The summed E-state index contributed by atoms with van der Waals surface area (Å²) >= 11 is 3.28. The van der Waals surface area contributed by atoms with Gasteiger partial charge in [0.15, 0.2) is 0 Å². The molecule has 0 spiro atoms. The lowest BCUT2D eigenvalue weighted by Gasteiger charge is -2.07. The summed E-state index contributed by atoms with van der Waals surface area (Å²) in [6, 6.07) is 6.88. The first-order valence-corrected chi connectivity index (χ1v) is 7.38. The highest BCUT2D eigenvalue weighted by molar-refractivity contribution is 9.10. The first-order chi connectivity index (χ1) is 10.5. The van der Waals surface area contributed by atoms with Gasteiger partial charge in [-0.15, -0.1) is 0 Å². The molecule has 0 unspecified atom stereocenters. The van der Waals surface area contributed by atoms with Gasteiger partial charge in [-0.1, -0.05) is 15.9 Å². The molecule has 0 aliphatic carbocycles. The molecule has 0 saturated heterocycles. The van der Waals surface area contributed by atoms with E-state index in [1.165, 1.54) is 0 Å². The number of carboxylic acids is 1. The van der Waals surface area contributed by atoms with E-state index in [0.29, 0.717) is 5.56 Å². The maximum absolute atomic E-state index is 11.8. The minimum Gasteiger partial charge on any atom is -0.480 e. The van der Waals surface area contributed by atoms with E-state index in [1.807, 2.05) is 0 Å². The lowest BCUT2D eigenvalue weighted by Crippen LogP contribution is -2.32. The molecule has 0 saturated carbocycles. The molecule has 22 heavy (non-hydrogen) atoms. The summed E-state index contributed by atoms with van der Waals surface area (Å²) in [5.41, 5.74) is 0.519. The normalized spacial score (nSPS) is 10.0. The summed E-state index contributed by atoms with van der Waals surface area (Å²) in [5, 5.41) is 13.5. The molecule has 0 aromatic heterocycles. The van der Waals surface area contributed by atoms with Gasteiger partial charge in [0.05, 0.1) is 6.61 Å². The minimum absolute atomic E-state index is 0.128. The van der Waals surface area contributed by atoms with Crippen LogP contribution >= 0.6 is 15.9 Å². The van der Waals surface area contributed by atoms with Crippen LogP contribution in [0.2, 0.25) is 0 Å². The van der Waals surface area contributed by atoms with Gasteiger partial charge in [0.1, 0.15) is 6.61 Å². The van der Waals surface area contributed by atoms with Crippen molar-refractivity contribution in [2.45, 2.75) is 6.42 Å². The average molecular weight is 373 g/mol. The maximum Gasteiger partial charge on any atom is 0.329 e. The standard InChI is InChI=1S/C14H17BrN2O5/c15-11-3-1-10(2-4-11)14(21)17-6-5-12(18)16-7-8-22-9-13(19)20/h1-4H,5-9H2,(H,16,18)(H,17,21)(H,19,20). The zero-order valence-corrected chi connectivity index (χ0v) is 13.4. The van der Waals surface area contributed by atoms with Gasteiger partial charge in [-0.05, 0) is 24.3 Å². The maximum atomic E-state index is 11.8. The highest BCUT2D eigenvalue weighted by Crippen LogP contribution is 2.10. The average Bonchev–Trinajstić information content (AvgIpc) is 2.47. The van der Waals surface area contributed by atoms with Gasteiger partial charge in [-0.3, -0.25) is 9.59 Å². The van der Waals surface area contributed by atoms with Crippen LogP contribution < -0.4 is 10.6 Å². The number of carbonyl (C=O) groups is 3. The number of rotatable bonds is 9. The zero-order valence-electron chi connectivity index (χ0n) is 11.8. The molecular formula is C14H17BrN2O5. The first-order valence-electron chi connectivity index (χ1n) is 6.59. The molecular weight excluding hydrogens is 356 g/mol. The number of aliphatic carboxylic acids is 1. The molecule has 1 rings (SSSR count). The highest BCUT2D eigenvalue weighted by atomic mass is 79.9. The summed E-state index contributed by atoms with van der Waals surface area (Å²) in [4.78, 5) is 33.4. The number of benzene rings is 1. The van der Waals surface area contributed by atoms with E-state index in [1.54, 1.807) is 24.3 Å². The van der Waals surface area contributed by atoms with Gasteiger partial charge >= 0.3 is 5.97 Å². The van der Waals surface area contributed by atoms with Crippen molar-refractivity contribution in [1.29, 1.82) is 0 Å². The Bertz CT molecular complexity index is 518. The van der Waals surface area contributed by atoms with Crippen LogP contribution in [0.4, 0.5) is 0 Å². The van der Waals surface area contributed by atoms with E-state index in [2.05, 4.69) is 26.6 Å². The molecule has 0 bridgehead atoms. The number of halogens is 1. The van der Waals surface area contributed by atoms with Crippen molar-refractivity contribution in [1.82, 2.24) is 10.6 Å². The van der Waals surface area contributed by atoms with Crippen molar-refractivity contribution in [3.05, 3.63) is 34.3 Å². The third-order valence-corrected chi connectivity index (χ3v) is 3.07. The summed E-state index contributed by atoms with van der Waals surface area (Å²) in [7, 11) is 0. The third kappa shape index (κ3) is 7.75. The van der Waals surface area contributed by atoms with Gasteiger partial charge in [0, 0.05) is 29.5 Å². The van der Waals surface area contributed by atoms with Crippen molar-refractivity contribution >= 4 is 33.7 Å². The molecule has 3 N–H and O–H groups in total. The lowest BCUT2D eigenvalue weighted by molar-refractivity contribution is -0.142. The van der Waals surface area contributed by atoms with Crippen LogP contribution in [0.15, 0.2) is 28.7 Å². The Labute approximate surface area is 136 Å². The van der Waals surface area contributed by atoms with Crippen molar-refractivity contribution < 1.29 is 24.2 Å². The predicted octanol–water partition coefficient (Wildman–Crippen LogP) is 0.786. The molecule has 2 amide bonds. The second-order valence-electron chi connectivity index (χ2n) is 4.31. The summed E-state index contributed by atoms with van der Waals surface area (Å²) < 4.78 is 5.65. The number of ether oxygens (including phenoxy) is 1. The van der Waals surface area contributed by atoms with Crippen molar-refractivity contribution in [2.75, 3.05) is 26.3 Å². The Balaban J connectivity index is 2.13. The van der Waals surface area contributed by atoms with Crippen molar-refractivity contribution in [3.8, 4) is 0 Å². The van der Waals surface area contributed by atoms with Gasteiger partial charge in [0.2, 0.25) is 5.91 Å². The number of carboxylic acid groups (broad SMARTS) is 1. The van der Waals surface area contributed by atoms with Crippen LogP contribution in [-0.2, 0) is 14.3 Å². The molecule has 7 nitrogen and oxygen atoms in total. The number of hydrogen-bond acceptors (Lipinski definition) is 4. The largest absolute Gasteiger partial charge is 0.480 e. The molecule has 0 radical (unpaired) electrons. The molecule has 0 atom stereocenters. The predicted molar refractivity (Wildman–Crippen MR) is 82.6 cm³/mol. The van der Waals surface area contributed by atoms with Crippen LogP contribution in [0.1, 0.15) is 16.8 Å². The molecule has 8 heteroatoms. The SMILES string of the molecule is O=C(O)COCCNC(=O)CCNC(=O)c1ccc(Br)cc1. The van der Waals surface area contributed by atoms with Gasteiger partial charge < -0.3 is 20.5 Å². The highest BCUT2D eigenvalue weighted by Gasteiger charge is 2.06. The van der Waals surface area contributed by atoms with Crippen LogP contribution in [-0.4, -0.2) is 49.2 Å². The second-order valence-corrected chi connectivity index (χ2v) is 5.22. The van der Waals surface area contributed by atoms with E-state index < -0.39 is 5.97 Å². The Morgan fingerprint density at radius 3 is 2.41 bits per heavy atom. The van der Waals surface area contributed by atoms with E-state index in [4.69, 9.17) is 9.84 Å². The third-order valence-electron chi connectivity index (χ3n) is 2.54. The van der Waals surface area contributed by atoms with E-state index in [-0.39, 0.29) is 44.5 Å². The second kappa shape index (κ2) is 9.91. The van der Waals surface area contributed by atoms with Crippen LogP contribution in [0.25, 0.3) is 0 Å². The fraction of sp³-hybridized carbons (Fsp3) is 0.357. The fourth-order valence-electron chi connectivity index (χ4n) is 1.50. The lowest BCUT2D eigenvalue weighted by atomic mass is 10.2. The summed E-state index contributed by atoms with van der Waals surface area (Å²) in [6.45, 7) is 0.186. The van der Waals surface area contributed by atoms with Crippen LogP contribution in [0.3, 0.4) is 0 Å². The number of hydrogen-bond donors (Lipinski definition) is 3. The zero-order chi connectivity index (χ0) is 16.4. The fourth-order valence-corrected chi connectivity index (χ4v) is 1.77. The van der Waals surface area contributed by atoms with Gasteiger partial charge in [-0.25, -0.2) is 4.79 Å². The Morgan fingerprint density at radius 2 is 1.77 bits per heavy atom. The monoisotopic (exact) mass is 372 g/mol. The molecule has 0 aliphatic heterocycles. The smallest absolute Gasteiger partial charge is 0.329 e. The summed E-state index contributed by atoms with van der Waals surface area (Å²) in [6.07, 6.45) is 0.140. The minimum atomic E-state index is -1.05. The Kier molecular flexibility index (Phi) is 8.16. The number of nitrogens with one attached hydrogen (secondary N) is 2. The van der Waals surface area contributed by atoms with Crippen molar-refractivity contribution in [3.63, 3.8) is 0 Å². The van der Waals surface area contributed by atoms with Gasteiger partial charge in [0.25, 0.3) is 5.91 Å². The topological polar surface area (TPSA) is 105 Å². The van der Waals surface area contributed by atoms with E-state index in [0.717, 1.165) is 4.47 Å². The van der Waals surface area contributed by atoms with E-state index in [9.17, 15) is 14.4 Å². The Hall–Kier alpha value is -1.93. The molecule has 120 valence electrons. The molecule has 0 aliphatic rings. The Morgan fingerprint density at radius 1 is 1.09 bits per heavy atom. The first kappa shape index (κ1) is 18.1. The number of carbonyl (C=O) groups excluding carboxylic acids is 2.